The van der Waals surface area contributed by atoms with Gasteiger partial charge in [-0.15, -0.1) is 13.2 Å². The number of nitrogens with one attached hydrogen (secondary N) is 1. The summed E-state index contributed by atoms with van der Waals surface area (Å²) in [4.78, 5) is 12.2. The van der Waals surface area contributed by atoms with Crippen LogP contribution in [0.15, 0.2) is 42.2 Å². The molecule has 2 aromatic rings. The van der Waals surface area contributed by atoms with Gasteiger partial charge in [0.2, 0.25) is 0 Å². The topological polar surface area (TPSA) is 67.0 Å². The van der Waals surface area contributed by atoms with E-state index in [-0.39, 0.29) is 23.5 Å². The van der Waals surface area contributed by atoms with Gasteiger partial charge in [0.05, 0.1) is 17.1 Å². The van der Waals surface area contributed by atoms with Crippen molar-refractivity contribution < 1.29 is 22.7 Å². The summed E-state index contributed by atoms with van der Waals surface area (Å²) < 4.78 is 43.4. The van der Waals surface area contributed by atoms with Crippen molar-refractivity contribution in [3.8, 4) is 6.07 Å². The van der Waals surface area contributed by atoms with Gasteiger partial charge in [-0.05, 0) is 41.8 Å². The molecule has 1 N–H and O–H groups in total. The zero-order chi connectivity index (χ0) is 20.1. The Morgan fingerprint density at radius 3 is 2.79 bits per heavy atom. The van der Waals surface area contributed by atoms with Crippen LogP contribution in [0.4, 0.5) is 13.2 Å². The van der Waals surface area contributed by atoms with Crippen molar-refractivity contribution in [2.75, 3.05) is 6.54 Å². The van der Waals surface area contributed by atoms with Crippen molar-refractivity contribution in [2.45, 2.75) is 25.7 Å². The van der Waals surface area contributed by atoms with Crippen molar-refractivity contribution in [3.05, 3.63) is 59.0 Å². The van der Waals surface area contributed by atoms with Gasteiger partial charge in [-0.25, -0.2) is 0 Å². The van der Waals surface area contributed by atoms with Crippen LogP contribution < -0.4 is 5.32 Å². The SMILES string of the molecule is CC1C=C(OC(F)(F)F)C=CC1c1cc(C#N)cc2cc3n(c12)CCNC3=O. The highest BCUT2D eigenvalue weighted by Gasteiger charge is 2.33. The van der Waals surface area contributed by atoms with Gasteiger partial charge in [-0.3, -0.25) is 4.79 Å². The summed E-state index contributed by atoms with van der Waals surface area (Å²) in [5.74, 6) is -0.969. The molecule has 0 saturated carbocycles. The van der Waals surface area contributed by atoms with E-state index in [1.807, 2.05) is 4.57 Å². The molecule has 0 fully saturated rings. The first-order valence-electron chi connectivity index (χ1n) is 8.78. The van der Waals surface area contributed by atoms with Gasteiger partial charge in [0, 0.05) is 24.4 Å². The fourth-order valence-corrected chi connectivity index (χ4v) is 3.94. The van der Waals surface area contributed by atoms with E-state index >= 15 is 0 Å². The molecule has 2 atom stereocenters. The van der Waals surface area contributed by atoms with E-state index in [1.54, 1.807) is 31.2 Å². The Morgan fingerprint density at radius 2 is 2.11 bits per heavy atom. The Hall–Kier alpha value is -3.21. The van der Waals surface area contributed by atoms with Gasteiger partial charge in [0.1, 0.15) is 11.5 Å². The Kier molecular flexibility index (Phi) is 4.18. The smallest absolute Gasteiger partial charge is 0.406 e. The molecule has 4 rings (SSSR count). The first kappa shape index (κ1) is 18.2. The van der Waals surface area contributed by atoms with E-state index < -0.39 is 6.36 Å². The number of rotatable bonds is 2. The van der Waals surface area contributed by atoms with Gasteiger partial charge in [0.15, 0.2) is 0 Å². The number of nitriles is 1. The van der Waals surface area contributed by atoms with E-state index in [0.29, 0.717) is 24.3 Å². The number of carbonyl (C=O) groups excluding carboxylic acids is 1. The molecule has 1 amide bonds. The third-order valence-corrected chi connectivity index (χ3v) is 5.06. The van der Waals surface area contributed by atoms with E-state index in [1.165, 1.54) is 12.2 Å². The lowest BCUT2D eigenvalue weighted by molar-refractivity contribution is -0.303. The second kappa shape index (κ2) is 6.44. The third-order valence-electron chi connectivity index (χ3n) is 5.06. The van der Waals surface area contributed by atoms with Crippen molar-refractivity contribution in [1.29, 1.82) is 5.26 Å². The number of halogens is 3. The predicted octanol–water partition coefficient (Wildman–Crippen LogP) is 3.97. The molecule has 5 nitrogen and oxygen atoms in total. The summed E-state index contributed by atoms with van der Waals surface area (Å²) in [6.45, 7) is 2.88. The Balaban J connectivity index is 1.82. The summed E-state index contributed by atoms with van der Waals surface area (Å²) in [7, 11) is 0. The number of ether oxygens (including phenoxy) is 1. The van der Waals surface area contributed by atoms with E-state index in [2.05, 4.69) is 16.1 Å². The third kappa shape index (κ3) is 3.13. The van der Waals surface area contributed by atoms with Crippen molar-refractivity contribution in [2.24, 2.45) is 5.92 Å². The quantitative estimate of drug-likeness (QED) is 0.848. The minimum absolute atomic E-state index is 0.181. The molecular formula is C20H16F3N3O2. The maximum atomic E-state index is 12.5. The second-order valence-electron chi connectivity index (χ2n) is 6.91. The summed E-state index contributed by atoms with van der Waals surface area (Å²) in [5, 5.41) is 13.0. The molecule has 0 radical (unpaired) electrons. The van der Waals surface area contributed by atoms with Gasteiger partial charge in [0.25, 0.3) is 5.91 Å². The monoisotopic (exact) mass is 387 g/mol. The van der Waals surface area contributed by atoms with Gasteiger partial charge >= 0.3 is 6.36 Å². The number of benzene rings is 1. The molecule has 0 bridgehead atoms. The molecule has 2 aliphatic rings. The summed E-state index contributed by atoms with van der Waals surface area (Å²) >= 11 is 0. The number of carbonyl (C=O) groups is 1. The van der Waals surface area contributed by atoms with Crippen LogP contribution in [0.1, 0.15) is 34.5 Å². The van der Waals surface area contributed by atoms with Crippen LogP contribution in [-0.2, 0) is 11.3 Å². The summed E-state index contributed by atoms with van der Waals surface area (Å²) in [6.07, 6.45) is -0.360. The number of amides is 1. The van der Waals surface area contributed by atoms with Gasteiger partial charge in [-0.1, -0.05) is 13.0 Å². The lowest BCUT2D eigenvalue weighted by Gasteiger charge is -2.26. The molecule has 1 aromatic carbocycles. The van der Waals surface area contributed by atoms with Gasteiger partial charge in [-0.2, -0.15) is 5.26 Å². The number of aromatic nitrogens is 1. The largest absolute Gasteiger partial charge is 0.573 e. The average molecular weight is 387 g/mol. The summed E-state index contributed by atoms with van der Waals surface area (Å²) in [5.41, 5.74) is 2.59. The molecule has 2 unspecified atom stereocenters. The molecule has 0 saturated heterocycles. The molecule has 144 valence electrons. The standard InChI is InChI=1S/C20H16F3N3O2/c1-11-6-14(28-20(21,22)23)2-3-15(11)16-8-12(10-24)7-13-9-17-19(27)25-4-5-26(17)18(13)16/h2-3,6-9,11,15H,4-5H2,1H3,(H,25,27). The molecule has 2 heterocycles. The number of nitrogens with zero attached hydrogens (tertiary/aromatic N) is 2. The maximum absolute atomic E-state index is 12.5. The molecule has 0 spiro atoms. The average Bonchev–Trinajstić information content (AvgIpc) is 3.00. The first-order valence-corrected chi connectivity index (χ1v) is 8.78. The molecule has 1 aliphatic heterocycles. The number of fused-ring (bicyclic) bond motifs is 3. The minimum Gasteiger partial charge on any atom is -0.406 e. The van der Waals surface area contributed by atoms with Crippen molar-refractivity contribution >= 4 is 16.8 Å². The van der Waals surface area contributed by atoms with Crippen LogP contribution in [0.2, 0.25) is 0 Å². The highest BCUT2D eigenvalue weighted by Crippen LogP contribution is 2.39. The minimum atomic E-state index is -4.75. The van der Waals surface area contributed by atoms with Crippen LogP contribution in [0, 0.1) is 17.2 Å². The van der Waals surface area contributed by atoms with Gasteiger partial charge < -0.3 is 14.6 Å². The van der Waals surface area contributed by atoms with Crippen molar-refractivity contribution in [3.63, 3.8) is 0 Å². The highest BCUT2D eigenvalue weighted by atomic mass is 19.4. The predicted molar refractivity (Wildman–Crippen MR) is 95.3 cm³/mol. The molecular weight excluding hydrogens is 371 g/mol. The highest BCUT2D eigenvalue weighted by molar-refractivity contribution is 6.00. The van der Waals surface area contributed by atoms with E-state index in [9.17, 15) is 23.2 Å². The van der Waals surface area contributed by atoms with Crippen LogP contribution in [0.25, 0.3) is 10.9 Å². The summed E-state index contributed by atoms with van der Waals surface area (Å²) in [6, 6.07) is 7.34. The van der Waals surface area contributed by atoms with E-state index in [0.717, 1.165) is 16.5 Å². The fourth-order valence-electron chi connectivity index (χ4n) is 3.94. The Labute approximate surface area is 158 Å². The van der Waals surface area contributed by atoms with Crippen LogP contribution in [0.3, 0.4) is 0 Å². The number of hydrogen-bond donors (Lipinski definition) is 1. The molecule has 1 aliphatic carbocycles. The van der Waals surface area contributed by atoms with Crippen LogP contribution in [0.5, 0.6) is 0 Å². The Morgan fingerprint density at radius 1 is 1.32 bits per heavy atom. The lowest BCUT2D eigenvalue weighted by Crippen LogP contribution is -2.35. The maximum Gasteiger partial charge on any atom is 0.573 e. The number of hydrogen-bond acceptors (Lipinski definition) is 3. The van der Waals surface area contributed by atoms with Crippen molar-refractivity contribution in [1.82, 2.24) is 9.88 Å². The van der Waals surface area contributed by atoms with E-state index in [4.69, 9.17) is 0 Å². The molecule has 1 aromatic heterocycles. The second-order valence-corrected chi connectivity index (χ2v) is 6.91. The number of alkyl halides is 3. The van der Waals surface area contributed by atoms with Crippen LogP contribution in [-0.4, -0.2) is 23.4 Å². The fraction of sp³-hybridized carbons (Fsp3) is 0.300. The first-order chi connectivity index (χ1) is 13.3. The Bertz CT molecular complexity index is 1070. The number of allylic oxidation sites excluding steroid dienone is 3. The molecule has 28 heavy (non-hydrogen) atoms. The zero-order valence-electron chi connectivity index (χ0n) is 14.9. The zero-order valence-corrected chi connectivity index (χ0v) is 14.9. The lowest BCUT2D eigenvalue weighted by atomic mass is 9.82. The molecule has 8 heteroatoms. The normalized spacial score (nSPS) is 21.7. The van der Waals surface area contributed by atoms with Crippen LogP contribution >= 0.6 is 0 Å².